The molecule has 0 radical (unpaired) electrons. The molecule has 0 fully saturated rings. The van der Waals surface area contributed by atoms with E-state index in [1.165, 1.54) is 0 Å². The second-order valence-electron chi connectivity index (χ2n) is 6.34. The van der Waals surface area contributed by atoms with Gasteiger partial charge in [0, 0.05) is 26.3 Å². The number of rotatable bonds is 4. The van der Waals surface area contributed by atoms with Crippen LogP contribution in [0.4, 0.5) is 5.69 Å². The number of imidazole rings is 1. The third kappa shape index (κ3) is 4.36. The van der Waals surface area contributed by atoms with Crippen LogP contribution in [-0.4, -0.2) is 15.5 Å². The Labute approximate surface area is 187 Å². The molecule has 0 saturated heterocycles. The van der Waals surface area contributed by atoms with E-state index in [9.17, 15) is 4.79 Å². The molecule has 0 aliphatic carbocycles. The first-order valence-electron chi connectivity index (χ1n) is 8.57. The van der Waals surface area contributed by atoms with Gasteiger partial charge in [-0.2, -0.15) is 0 Å². The second-order valence-corrected chi connectivity index (χ2v) is 8.06. The highest BCUT2D eigenvalue weighted by Gasteiger charge is 2.18. The van der Waals surface area contributed by atoms with Crippen LogP contribution in [0.3, 0.4) is 0 Å². The van der Waals surface area contributed by atoms with Gasteiger partial charge in [-0.3, -0.25) is 4.79 Å². The topological polar surface area (TPSA) is 46.9 Å². The molecule has 0 unspecified atom stereocenters. The van der Waals surface area contributed by atoms with Gasteiger partial charge in [0.05, 0.1) is 16.1 Å². The average Bonchev–Trinajstić information content (AvgIpc) is 3.01. The van der Waals surface area contributed by atoms with Crippen LogP contribution in [-0.2, 0) is 11.3 Å². The Morgan fingerprint density at radius 1 is 0.897 bits per heavy atom. The lowest BCUT2D eigenvalue weighted by Gasteiger charge is -2.12. The molecular formula is C21H13Cl4N3O. The molecule has 4 aromatic rings. The number of carbonyl (C=O) groups is 1. The summed E-state index contributed by atoms with van der Waals surface area (Å²) >= 11 is 24.6. The normalized spacial score (nSPS) is 11.0. The highest BCUT2D eigenvalue weighted by atomic mass is 35.5. The molecule has 8 heteroatoms. The van der Waals surface area contributed by atoms with Crippen LogP contribution in [0, 0.1) is 0 Å². The van der Waals surface area contributed by atoms with E-state index in [1.54, 1.807) is 41.0 Å². The van der Waals surface area contributed by atoms with Gasteiger partial charge in [-0.05, 0) is 48.5 Å². The summed E-state index contributed by atoms with van der Waals surface area (Å²) in [5, 5.41) is 4.71. The van der Waals surface area contributed by atoms with Gasteiger partial charge in [-0.25, -0.2) is 4.98 Å². The number of para-hydroxylation sites is 2. The van der Waals surface area contributed by atoms with Gasteiger partial charge < -0.3 is 9.88 Å². The van der Waals surface area contributed by atoms with E-state index in [0.717, 1.165) is 11.0 Å². The number of benzene rings is 3. The first-order chi connectivity index (χ1) is 13.9. The minimum absolute atomic E-state index is 0.0167. The lowest BCUT2D eigenvalue weighted by atomic mass is 10.2. The van der Waals surface area contributed by atoms with Crippen molar-refractivity contribution in [3.8, 4) is 11.4 Å². The third-order valence-corrected chi connectivity index (χ3v) is 5.27. The Morgan fingerprint density at radius 2 is 1.62 bits per heavy atom. The maximum atomic E-state index is 12.8. The first kappa shape index (κ1) is 20.0. The summed E-state index contributed by atoms with van der Waals surface area (Å²) in [6, 6.07) is 17.6. The Balaban J connectivity index is 1.74. The third-order valence-electron chi connectivity index (χ3n) is 4.27. The Morgan fingerprint density at radius 3 is 2.38 bits per heavy atom. The zero-order chi connectivity index (χ0) is 20.5. The van der Waals surface area contributed by atoms with Crippen LogP contribution in [0.25, 0.3) is 22.4 Å². The summed E-state index contributed by atoms with van der Waals surface area (Å²) in [7, 11) is 0. The van der Waals surface area contributed by atoms with Crippen molar-refractivity contribution in [1.29, 1.82) is 0 Å². The summed E-state index contributed by atoms with van der Waals surface area (Å²) in [6.45, 7) is 0.0167. The molecule has 4 nitrogen and oxygen atoms in total. The molecule has 0 bridgehead atoms. The van der Waals surface area contributed by atoms with E-state index < -0.39 is 0 Å². The van der Waals surface area contributed by atoms with E-state index in [1.807, 2.05) is 24.3 Å². The molecule has 3 aromatic carbocycles. The minimum Gasteiger partial charge on any atom is -0.324 e. The zero-order valence-corrected chi connectivity index (χ0v) is 17.8. The van der Waals surface area contributed by atoms with Crippen molar-refractivity contribution in [1.82, 2.24) is 9.55 Å². The lowest BCUT2D eigenvalue weighted by molar-refractivity contribution is -0.116. The number of aromatic nitrogens is 2. The number of nitrogens with one attached hydrogen (secondary N) is 1. The molecule has 1 aromatic heterocycles. The van der Waals surface area contributed by atoms with Crippen molar-refractivity contribution >= 4 is 69.0 Å². The molecule has 0 saturated carbocycles. The maximum Gasteiger partial charge on any atom is 0.244 e. The molecule has 29 heavy (non-hydrogen) atoms. The van der Waals surface area contributed by atoms with E-state index >= 15 is 0 Å². The zero-order valence-electron chi connectivity index (χ0n) is 14.8. The van der Waals surface area contributed by atoms with Crippen LogP contribution in [0.1, 0.15) is 0 Å². The van der Waals surface area contributed by atoms with Crippen LogP contribution < -0.4 is 5.32 Å². The van der Waals surface area contributed by atoms with Gasteiger partial charge in [0.15, 0.2) is 0 Å². The van der Waals surface area contributed by atoms with Gasteiger partial charge in [0.2, 0.25) is 5.91 Å². The molecule has 0 spiro atoms. The number of fused-ring (bicyclic) bond motifs is 1. The van der Waals surface area contributed by atoms with Crippen molar-refractivity contribution in [2.75, 3.05) is 5.32 Å². The summed E-state index contributed by atoms with van der Waals surface area (Å²) in [5.41, 5.74) is 2.71. The highest BCUT2D eigenvalue weighted by molar-refractivity contribution is 6.35. The Bertz CT molecular complexity index is 1220. The van der Waals surface area contributed by atoms with E-state index in [-0.39, 0.29) is 12.5 Å². The van der Waals surface area contributed by atoms with E-state index in [2.05, 4.69) is 10.3 Å². The summed E-state index contributed by atoms with van der Waals surface area (Å²) in [5.74, 6) is 0.295. The molecule has 0 aliphatic heterocycles. The molecule has 0 atom stereocenters. The summed E-state index contributed by atoms with van der Waals surface area (Å²) in [6.07, 6.45) is 0. The van der Waals surface area contributed by atoms with Crippen molar-refractivity contribution in [3.63, 3.8) is 0 Å². The van der Waals surface area contributed by atoms with Crippen LogP contribution >= 0.6 is 46.4 Å². The van der Waals surface area contributed by atoms with Crippen LogP contribution in [0.15, 0.2) is 60.7 Å². The molecule has 4 rings (SSSR count). The predicted octanol–water partition coefficient (Wildman–Crippen LogP) is 6.96. The molecule has 0 aliphatic rings. The Hall–Kier alpha value is -2.24. The Kier molecular flexibility index (Phi) is 5.70. The smallest absolute Gasteiger partial charge is 0.244 e. The quantitative estimate of drug-likeness (QED) is 0.355. The molecule has 146 valence electrons. The van der Waals surface area contributed by atoms with Crippen molar-refractivity contribution in [2.24, 2.45) is 0 Å². The van der Waals surface area contributed by atoms with Gasteiger partial charge in [0.25, 0.3) is 0 Å². The van der Waals surface area contributed by atoms with Crippen molar-refractivity contribution in [2.45, 2.75) is 6.54 Å². The summed E-state index contributed by atoms with van der Waals surface area (Å²) in [4.78, 5) is 17.4. The van der Waals surface area contributed by atoms with Gasteiger partial charge in [-0.1, -0.05) is 58.5 Å². The molecule has 1 amide bonds. The molecule has 1 heterocycles. The number of carbonyl (C=O) groups excluding carboxylic acids is 1. The molecule has 1 N–H and O–H groups in total. The largest absolute Gasteiger partial charge is 0.324 e. The second kappa shape index (κ2) is 8.25. The lowest BCUT2D eigenvalue weighted by Crippen LogP contribution is -2.19. The number of anilines is 1. The van der Waals surface area contributed by atoms with E-state index in [0.29, 0.717) is 37.2 Å². The van der Waals surface area contributed by atoms with Crippen molar-refractivity contribution < 1.29 is 4.79 Å². The van der Waals surface area contributed by atoms with Crippen LogP contribution in [0.2, 0.25) is 20.1 Å². The number of hydrogen-bond donors (Lipinski definition) is 1. The molecular weight excluding hydrogens is 452 g/mol. The van der Waals surface area contributed by atoms with Gasteiger partial charge >= 0.3 is 0 Å². The standard InChI is InChI=1S/C21H13Cl4N3O/c22-12-5-6-17(25)16(10-12)21-27-18-3-1-2-4-19(18)28(21)11-20(29)26-15-8-13(23)7-14(24)9-15/h1-10H,11H2,(H,26,29). The fourth-order valence-electron chi connectivity index (χ4n) is 3.08. The maximum absolute atomic E-state index is 12.8. The fourth-order valence-corrected chi connectivity index (χ4v) is 3.98. The van der Waals surface area contributed by atoms with Crippen molar-refractivity contribution in [3.05, 3.63) is 80.8 Å². The average molecular weight is 465 g/mol. The monoisotopic (exact) mass is 463 g/mol. The van der Waals surface area contributed by atoms with Gasteiger partial charge in [-0.15, -0.1) is 0 Å². The predicted molar refractivity (Wildman–Crippen MR) is 120 cm³/mol. The minimum atomic E-state index is -0.258. The van der Waals surface area contributed by atoms with Crippen LogP contribution in [0.5, 0.6) is 0 Å². The van der Waals surface area contributed by atoms with E-state index in [4.69, 9.17) is 46.4 Å². The number of halogens is 4. The highest BCUT2D eigenvalue weighted by Crippen LogP contribution is 2.32. The van der Waals surface area contributed by atoms with Gasteiger partial charge in [0.1, 0.15) is 12.4 Å². The fraction of sp³-hybridized carbons (Fsp3) is 0.0476. The summed E-state index contributed by atoms with van der Waals surface area (Å²) < 4.78 is 1.80. The SMILES string of the molecule is O=C(Cn1c(-c2cc(Cl)ccc2Cl)nc2ccccc21)Nc1cc(Cl)cc(Cl)c1. The number of hydrogen-bond acceptors (Lipinski definition) is 2. The number of amides is 1. The first-order valence-corrected chi connectivity index (χ1v) is 10.1. The number of nitrogens with zero attached hydrogens (tertiary/aromatic N) is 2.